The molecule has 5 nitrogen and oxygen atoms in total. The molecule has 2 aliphatic heterocycles. The van der Waals surface area contributed by atoms with Crippen LogP contribution >= 0.6 is 11.6 Å². The van der Waals surface area contributed by atoms with Gasteiger partial charge in [0.05, 0.1) is 22.3 Å². The molecule has 151 valence electrons. The Bertz CT molecular complexity index is 845. The van der Waals surface area contributed by atoms with Gasteiger partial charge in [-0.2, -0.15) is 5.26 Å². The van der Waals surface area contributed by atoms with Crippen molar-refractivity contribution < 1.29 is 9.22 Å². The Morgan fingerprint density at radius 3 is 2.54 bits per heavy atom. The molecule has 0 bridgehead atoms. The Morgan fingerprint density at radius 2 is 2.00 bits per heavy atom. The van der Waals surface area contributed by atoms with E-state index in [2.05, 4.69) is 39.9 Å². The van der Waals surface area contributed by atoms with Crippen LogP contribution in [0.4, 0.5) is 10.5 Å². The van der Waals surface area contributed by atoms with Crippen molar-refractivity contribution in [2.24, 2.45) is 11.3 Å². The zero-order valence-electron chi connectivity index (χ0n) is 17.8. The number of amides is 2. The van der Waals surface area contributed by atoms with Crippen LogP contribution in [0.5, 0.6) is 0 Å². The summed E-state index contributed by atoms with van der Waals surface area (Å²) in [5.74, 6) is 0.335. The van der Waals surface area contributed by atoms with Crippen molar-refractivity contribution >= 4 is 32.4 Å². The lowest BCUT2D eigenvalue weighted by atomic mass is 9.73. The van der Waals surface area contributed by atoms with Gasteiger partial charge in [0.1, 0.15) is 6.07 Å². The van der Waals surface area contributed by atoms with Gasteiger partial charge in [-0.1, -0.05) is 32.4 Å². The Morgan fingerprint density at radius 1 is 1.36 bits per heavy atom. The fraction of sp³-hybridized carbons (Fsp3) is 0.619. The highest BCUT2D eigenvalue weighted by atomic mass is 35.5. The molecule has 1 aromatic rings. The van der Waals surface area contributed by atoms with E-state index in [0.717, 1.165) is 24.2 Å². The molecule has 3 atom stereocenters. The number of carbonyl (C=O) groups is 1. The highest BCUT2D eigenvalue weighted by molar-refractivity contribution is 6.48. The lowest BCUT2D eigenvalue weighted by Crippen LogP contribution is -2.56. The van der Waals surface area contributed by atoms with E-state index in [4.69, 9.17) is 16.0 Å². The van der Waals surface area contributed by atoms with Gasteiger partial charge in [-0.15, -0.1) is 0 Å². The second-order valence-corrected chi connectivity index (χ2v) is 11.7. The topological polar surface area (TPSA) is 56.6 Å². The SMILES string of the molecule is Cc1c(N2C(=O)N3CC[C@@H](C(C)(C)C)[C@@H]3[C@]2(C)O[Si](C)C)ccc(C#N)c1Cl. The molecular weight excluding hydrogens is 390 g/mol. The first-order chi connectivity index (χ1) is 12.9. The molecule has 2 fully saturated rings. The van der Waals surface area contributed by atoms with Gasteiger partial charge < -0.3 is 9.33 Å². The minimum atomic E-state index is -1.09. The normalized spacial score (nSPS) is 27.5. The molecular formula is C21H29ClN3O2Si. The van der Waals surface area contributed by atoms with Crippen molar-refractivity contribution in [1.29, 1.82) is 5.26 Å². The van der Waals surface area contributed by atoms with E-state index in [1.54, 1.807) is 11.0 Å². The molecule has 0 saturated carbocycles. The Balaban J connectivity index is 2.18. The van der Waals surface area contributed by atoms with Crippen LogP contribution in [0.25, 0.3) is 0 Å². The molecule has 7 heteroatoms. The molecule has 3 rings (SSSR count). The summed E-state index contributed by atoms with van der Waals surface area (Å²) in [7, 11) is -1.09. The van der Waals surface area contributed by atoms with Crippen molar-refractivity contribution in [1.82, 2.24) is 4.90 Å². The highest BCUT2D eigenvalue weighted by Crippen LogP contribution is 2.51. The van der Waals surface area contributed by atoms with Gasteiger partial charge in [0.15, 0.2) is 5.72 Å². The number of fused-ring (bicyclic) bond motifs is 1. The molecule has 1 radical (unpaired) electrons. The number of hydrogen-bond donors (Lipinski definition) is 0. The predicted octanol–water partition coefficient (Wildman–Crippen LogP) is 5.18. The number of hydrogen-bond acceptors (Lipinski definition) is 3. The van der Waals surface area contributed by atoms with Gasteiger partial charge in [0.2, 0.25) is 9.04 Å². The highest BCUT2D eigenvalue weighted by Gasteiger charge is 2.63. The summed E-state index contributed by atoms with van der Waals surface area (Å²) in [6, 6.07) is 5.57. The quantitative estimate of drug-likeness (QED) is 0.635. The summed E-state index contributed by atoms with van der Waals surface area (Å²) < 4.78 is 6.58. The second-order valence-electron chi connectivity index (χ2n) is 9.27. The summed E-state index contributed by atoms with van der Waals surface area (Å²) in [5, 5.41) is 9.68. The summed E-state index contributed by atoms with van der Waals surface area (Å²) in [4.78, 5) is 17.3. The van der Waals surface area contributed by atoms with Crippen LogP contribution in [-0.4, -0.2) is 38.3 Å². The van der Waals surface area contributed by atoms with E-state index in [1.807, 2.05) is 24.8 Å². The maximum absolute atomic E-state index is 13.6. The van der Waals surface area contributed by atoms with Crippen molar-refractivity contribution in [3.05, 3.63) is 28.3 Å². The first-order valence-corrected chi connectivity index (χ1v) is 12.5. The third-order valence-electron chi connectivity index (χ3n) is 6.07. The smallest absolute Gasteiger partial charge is 0.327 e. The average Bonchev–Trinajstić information content (AvgIpc) is 3.11. The largest absolute Gasteiger partial charge is 0.393 e. The third-order valence-corrected chi connectivity index (χ3v) is 7.38. The zero-order valence-corrected chi connectivity index (χ0v) is 19.5. The van der Waals surface area contributed by atoms with E-state index in [-0.39, 0.29) is 17.5 Å². The number of anilines is 1. The van der Waals surface area contributed by atoms with E-state index in [9.17, 15) is 10.1 Å². The summed E-state index contributed by atoms with van der Waals surface area (Å²) in [5.41, 5.74) is 1.17. The standard InChI is InChI=1S/C21H29ClN3O2Si/c1-13-16(9-8-14(12-23)17(13)22)25-19(26)24-11-10-15(20(2,3)4)18(24)21(25,5)27-28(6)7/h8-9,15,18H,10-11H2,1-7H3/t15-,18-,21+/m1/s1. The maximum Gasteiger partial charge on any atom is 0.327 e. The zero-order chi connectivity index (χ0) is 21.0. The molecule has 2 aliphatic rings. The molecule has 1 aromatic carbocycles. The van der Waals surface area contributed by atoms with Crippen LogP contribution in [0.1, 0.15) is 45.2 Å². The number of urea groups is 1. The van der Waals surface area contributed by atoms with Gasteiger partial charge >= 0.3 is 6.03 Å². The van der Waals surface area contributed by atoms with Gasteiger partial charge in [0, 0.05) is 6.54 Å². The number of nitriles is 1. The first-order valence-electron chi connectivity index (χ1n) is 9.72. The molecule has 2 amide bonds. The van der Waals surface area contributed by atoms with E-state index in [0.29, 0.717) is 16.5 Å². The Kier molecular flexibility index (Phi) is 5.33. The van der Waals surface area contributed by atoms with Crippen LogP contribution in [0, 0.1) is 29.6 Å². The first kappa shape index (κ1) is 21.2. The van der Waals surface area contributed by atoms with Gasteiger partial charge in [0.25, 0.3) is 0 Å². The van der Waals surface area contributed by atoms with Crippen molar-refractivity contribution in [3.63, 3.8) is 0 Å². The van der Waals surface area contributed by atoms with Crippen LogP contribution < -0.4 is 4.90 Å². The number of rotatable bonds is 3. The minimum absolute atomic E-state index is 0.0197. The van der Waals surface area contributed by atoms with Crippen molar-refractivity contribution in [3.8, 4) is 6.07 Å². The average molecular weight is 419 g/mol. The molecule has 0 spiro atoms. The Hall–Kier alpha value is -1.55. The fourth-order valence-electron chi connectivity index (χ4n) is 4.89. The summed E-state index contributed by atoms with van der Waals surface area (Å²) >= 11 is 6.44. The summed E-state index contributed by atoms with van der Waals surface area (Å²) in [6.45, 7) is 15.6. The molecule has 28 heavy (non-hydrogen) atoms. The van der Waals surface area contributed by atoms with Crippen LogP contribution in [0.15, 0.2) is 12.1 Å². The maximum atomic E-state index is 13.6. The second kappa shape index (κ2) is 7.05. The monoisotopic (exact) mass is 418 g/mol. The lowest BCUT2D eigenvalue weighted by Gasteiger charge is -2.44. The van der Waals surface area contributed by atoms with Gasteiger partial charge in [-0.3, -0.25) is 4.90 Å². The number of halogens is 1. The predicted molar refractivity (Wildman–Crippen MR) is 114 cm³/mol. The van der Waals surface area contributed by atoms with Crippen LogP contribution in [0.2, 0.25) is 18.1 Å². The van der Waals surface area contributed by atoms with Gasteiger partial charge in [-0.25, -0.2) is 4.79 Å². The lowest BCUT2D eigenvalue weighted by molar-refractivity contribution is 0.0156. The van der Waals surface area contributed by atoms with Crippen molar-refractivity contribution in [2.45, 2.75) is 65.9 Å². The number of carbonyl (C=O) groups excluding carboxylic acids is 1. The minimum Gasteiger partial charge on any atom is -0.393 e. The number of nitrogens with zero attached hydrogens (tertiary/aromatic N) is 3. The molecule has 0 aromatic heterocycles. The summed E-state index contributed by atoms with van der Waals surface area (Å²) in [6.07, 6.45) is 0.981. The van der Waals surface area contributed by atoms with E-state index in [1.165, 1.54) is 0 Å². The van der Waals surface area contributed by atoms with Crippen LogP contribution in [0.3, 0.4) is 0 Å². The molecule has 0 N–H and O–H groups in total. The van der Waals surface area contributed by atoms with Gasteiger partial charge in [-0.05, 0) is 62.4 Å². The number of benzene rings is 1. The van der Waals surface area contributed by atoms with Crippen LogP contribution in [-0.2, 0) is 4.43 Å². The fourth-order valence-corrected chi connectivity index (χ4v) is 6.13. The molecule has 2 saturated heterocycles. The third kappa shape index (κ3) is 3.14. The molecule has 2 heterocycles. The Labute approximate surface area is 174 Å². The molecule has 0 aliphatic carbocycles. The van der Waals surface area contributed by atoms with Crippen molar-refractivity contribution in [2.75, 3.05) is 11.4 Å². The van der Waals surface area contributed by atoms with E-state index >= 15 is 0 Å². The molecule has 0 unspecified atom stereocenters. The van der Waals surface area contributed by atoms with E-state index < -0.39 is 14.8 Å².